The molecule has 0 aliphatic carbocycles. The van der Waals surface area contributed by atoms with Crippen LogP contribution >= 0.6 is 34.2 Å². The Morgan fingerprint density at radius 2 is 2.11 bits per heavy atom. The van der Waals surface area contributed by atoms with Gasteiger partial charge in [-0.1, -0.05) is 11.6 Å². The van der Waals surface area contributed by atoms with Crippen LogP contribution in [0.2, 0.25) is 5.02 Å². The van der Waals surface area contributed by atoms with Crippen LogP contribution in [0.1, 0.15) is 20.8 Å². The van der Waals surface area contributed by atoms with Crippen molar-refractivity contribution in [2.75, 3.05) is 5.32 Å². The molecule has 0 saturated heterocycles. The van der Waals surface area contributed by atoms with Crippen LogP contribution in [-0.2, 0) is 0 Å². The van der Waals surface area contributed by atoms with Gasteiger partial charge in [0.05, 0.1) is 5.56 Å². The topological polar surface area (TPSA) is 95.1 Å². The number of benzene rings is 1. The Morgan fingerprint density at radius 3 is 2.74 bits per heavy atom. The maximum absolute atomic E-state index is 12.0. The molecule has 2 aromatic rings. The number of halogens is 2. The number of amides is 1. The van der Waals surface area contributed by atoms with Crippen molar-refractivity contribution in [1.29, 1.82) is 0 Å². The van der Waals surface area contributed by atoms with Gasteiger partial charge in [-0.3, -0.25) is 9.89 Å². The monoisotopic (exact) mass is 391 g/mol. The van der Waals surface area contributed by atoms with Crippen LogP contribution in [0.3, 0.4) is 0 Å². The van der Waals surface area contributed by atoms with Gasteiger partial charge in [-0.2, -0.15) is 5.10 Å². The van der Waals surface area contributed by atoms with Gasteiger partial charge in [-0.25, -0.2) is 4.79 Å². The second-order valence-electron chi connectivity index (χ2n) is 3.55. The minimum atomic E-state index is -1.15. The molecule has 0 atom stereocenters. The Morgan fingerprint density at radius 1 is 1.37 bits per heavy atom. The number of aromatic amines is 1. The van der Waals surface area contributed by atoms with E-state index in [1.165, 1.54) is 12.1 Å². The molecule has 0 saturated carbocycles. The van der Waals surface area contributed by atoms with Gasteiger partial charge in [0.15, 0.2) is 5.82 Å². The molecular weight excluding hydrogens is 384 g/mol. The highest BCUT2D eigenvalue weighted by Gasteiger charge is 2.14. The van der Waals surface area contributed by atoms with Gasteiger partial charge >= 0.3 is 5.97 Å². The zero-order chi connectivity index (χ0) is 14.0. The fraction of sp³-hybridized carbons (Fsp3) is 0. The van der Waals surface area contributed by atoms with Crippen molar-refractivity contribution in [3.63, 3.8) is 0 Å². The van der Waals surface area contributed by atoms with Gasteiger partial charge in [0, 0.05) is 14.7 Å². The quantitative estimate of drug-likeness (QED) is 0.701. The van der Waals surface area contributed by atoms with E-state index in [9.17, 15) is 9.59 Å². The fourth-order valence-electron chi connectivity index (χ4n) is 1.35. The molecule has 1 aromatic carbocycles. The molecule has 19 heavy (non-hydrogen) atoms. The molecule has 0 bridgehead atoms. The van der Waals surface area contributed by atoms with Gasteiger partial charge < -0.3 is 10.4 Å². The Hall–Kier alpha value is -1.61. The van der Waals surface area contributed by atoms with Crippen molar-refractivity contribution in [3.05, 3.63) is 44.1 Å². The number of hydrogen-bond acceptors (Lipinski definition) is 3. The number of carboxylic acid groups (broad SMARTS) is 1. The predicted molar refractivity (Wildman–Crippen MR) is 77.7 cm³/mol. The summed E-state index contributed by atoms with van der Waals surface area (Å²) < 4.78 is 0.730. The number of nitrogens with zero attached hydrogens (tertiary/aromatic N) is 1. The first kappa shape index (κ1) is 13.8. The normalized spacial score (nSPS) is 10.2. The molecule has 1 aromatic heterocycles. The Labute approximate surface area is 126 Å². The highest BCUT2D eigenvalue weighted by atomic mass is 127. The van der Waals surface area contributed by atoms with E-state index >= 15 is 0 Å². The van der Waals surface area contributed by atoms with Crippen molar-refractivity contribution < 1.29 is 14.7 Å². The summed E-state index contributed by atoms with van der Waals surface area (Å²) in [6.07, 6.45) is 0. The van der Waals surface area contributed by atoms with Gasteiger partial charge in [0.2, 0.25) is 0 Å². The molecule has 0 fully saturated rings. The van der Waals surface area contributed by atoms with Crippen molar-refractivity contribution in [2.24, 2.45) is 0 Å². The van der Waals surface area contributed by atoms with Crippen LogP contribution < -0.4 is 5.32 Å². The van der Waals surface area contributed by atoms with E-state index in [2.05, 4.69) is 15.5 Å². The van der Waals surface area contributed by atoms with Crippen molar-refractivity contribution in [3.8, 4) is 0 Å². The smallest absolute Gasteiger partial charge is 0.353 e. The zero-order valence-electron chi connectivity index (χ0n) is 9.28. The highest BCUT2D eigenvalue weighted by molar-refractivity contribution is 14.1. The third-order valence-corrected chi connectivity index (χ3v) is 3.40. The number of aromatic carboxylic acids is 1. The largest absolute Gasteiger partial charge is 0.477 e. The van der Waals surface area contributed by atoms with Gasteiger partial charge in [-0.05, 0) is 40.8 Å². The number of nitrogens with one attached hydrogen (secondary N) is 2. The van der Waals surface area contributed by atoms with Crippen molar-refractivity contribution in [1.82, 2.24) is 10.2 Å². The molecule has 0 unspecified atom stereocenters. The average molecular weight is 392 g/mol. The van der Waals surface area contributed by atoms with Crippen molar-refractivity contribution in [2.45, 2.75) is 0 Å². The number of hydrogen-bond donors (Lipinski definition) is 3. The Kier molecular flexibility index (Phi) is 4.05. The number of rotatable bonds is 3. The molecule has 1 amide bonds. The lowest BCUT2D eigenvalue weighted by atomic mass is 10.2. The maximum atomic E-state index is 12.0. The summed E-state index contributed by atoms with van der Waals surface area (Å²) in [5.41, 5.74) is 0.295. The van der Waals surface area contributed by atoms with Crippen LogP contribution in [0.5, 0.6) is 0 Å². The molecule has 8 heteroatoms. The number of carbonyl (C=O) groups is 2. The standard InChI is InChI=1S/C11H7ClIN3O3/c12-5-1-2-7(13)6(3-5)10(17)14-9-4-8(11(18)19)15-16-9/h1-4H,(H,18,19)(H2,14,15,16,17). The average Bonchev–Trinajstić information content (AvgIpc) is 2.80. The SMILES string of the molecule is O=C(O)c1cc(NC(=O)c2cc(Cl)ccc2I)n[nH]1. The maximum Gasteiger partial charge on any atom is 0.353 e. The van der Waals surface area contributed by atoms with E-state index in [0.29, 0.717) is 10.6 Å². The second-order valence-corrected chi connectivity index (χ2v) is 5.15. The van der Waals surface area contributed by atoms with E-state index in [4.69, 9.17) is 16.7 Å². The number of aromatic nitrogens is 2. The third-order valence-electron chi connectivity index (χ3n) is 2.22. The number of H-pyrrole nitrogens is 1. The summed E-state index contributed by atoms with van der Waals surface area (Å²) in [7, 11) is 0. The predicted octanol–water partition coefficient (Wildman–Crippen LogP) is 2.62. The number of carboxylic acids is 1. The first-order valence-corrected chi connectivity index (χ1v) is 6.48. The molecule has 0 aliphatic heterocycles. The first-order chi connectivity index (χ1) is 8.97. The lowest BCUT2D eigenvalue weighted by molar-refractivity contribution is 0.0690. The summed E-state index contributed by atoms with van der Waals surface area (Å²) in [5.74, 6) is -1.42. The molecule has 6 nitrogen and oxygen atoms in total. The lowest BCUT2D eigenvalue weighted by Gasteiger charge is -2.04. The van der Waals surface area contributed by atoms with E-state index < -0.39 is 11.9 Å². The van der Waals surface area contributed by atoms with Gasteiger partial charge in [0.25, 0.3) is 5.91 Å². The minimum absolute atomic E-state index is 0.101. The molecule has 0 aliphatic rings. The number of carbonyl (C=O) groups excluding carboxylic acids is 1. The van der Waals surface area contributed by atoms with Crippen LogP contribution in [-0.4, -0.2) is 27.2 Å². The first-order valence-electron chi connectivity index (χ1n) is 5.02. The molecule has 98 valence electrons. The van der Waals surface area contributed by atoms with E-state index in [0.717, 1.165) is 3.57 Å². The summed E-state index contributed by atoms with van der Waals surface area (Å²) in [5, 5.41) is 17.6. The van der Waals surface area contributed by atoms with E-state index in [1.807, 2.05) is 22.6 Å². The second kappa shape index (κ2) is 5.57. The number of anilines is 1. The Balaban J connectivity index is 2.20. The molecule has 0 radical (unpaired) electrons. The fourth-order valence-corrected chi connectivity index (χ4v) is 2.10. The van der Waals surface area contributed by atoms with Crippen LogP contribution in [0.25, 0.3) is 0 Å². The molecule has 3 N–H and O–H groups in total. The van der Waals surface area contributed by atoms with E-state index in [1.54, 1.807) is 12.1 Å². The minimum Gasteiger partial charge on any atom is -0.477 e. The zero-order valence-corrected chi connectivity index (χ0v) is 12.2. The van der Waals surface area contributed by atoms with Crippen LogP contribution in [0, 0.1) is 3.57 Å². The van der Waals surface area contributed by atoms with Crippen molar-refractivity contribution >= 4 is 51.9 Å². The van der Waals surface area contributed by atoms with Crippen LogP contribution in [0.15, 0.2) is 24.3 Å². The summed E-state index contributed by atoms with van der Waals surface area (Å²) in [6, 6.07) is 6.16. The van der Waals surface area contributed by atoms with Crippen LogP contribution in [0.4, 0.5) is 5.82 Å². The van der Waals surface area contributed by atoms with Gasteiger partial charge in [-0.15, -0.1) is 0 Å². The summed E-state index contributed by atoms with van der Waals surface area (Å²) in [6.45, 7) is 0. The molecular formula is C11H7ClIN3O3. The molecule has 0 spiro atoms. The summed E-state index contributed by atoms with van der Waals surface area (Å²) in [4.78, 5) is 22.7. The van der Waals surface area contributed by atoms with E-state index in [-0.39, 0.29) is 11.5 Å². The molecule has 1 heterocycles. The molecule has 2 rings (SSSR count). The Bertz CT molecular complexity index is 656. The lowest BCUT2D eigenvalue weighted by Crippen LogP contribution is -2.13. The van der Waals surface area contributed by atoms with Gasteiger partial charge in [0.1, 0.15) is 5.69 Å². The summed E-state index contributed by atoms with van der Waals surface area (Å²) >= 11 is 7.84. The highest BCUT2D eigenvalue weighted by Crippen LogP contribution is 2.19. The third kappa shape index (κ3) is 3.24.